The van der Waals surface area contributed by atoms with Crippen LogP contribution in [0.5, 0.6) is 0 Å². The number of nitrogens with one attached hydrogen (secondary N) is 2. The molecule has 0 saturated heterocycles. The standard InChI is InChI=1S/C14H27N5O2S2/c1-15-6-10-22-23-11-7-16-14(20)13-12-19(18-17-13)8-4-3-5-9-21-2/h12,15H,3-11H2,1-2H3,(H,16,20). The van der Waals surface area contributed by atoms with Gasteiger partial charge >= 0.3 is 0 Å². The summed E-state index contributed by atoms with van der Waals surface area (Å²) in [5, 5.41) is 13.9. The molecule has 0 spiro atoms. The number of nitrogens with zero attached hydrogens (tertiary/aromatic N) is 3. The van der Waals surface area contributed by atoms with Crippen molar-refractivity contribution in [3.63, 3.8) is 0 Å². The van der Waals surface area contributed by atoms with Gasteiger partial charge in [-0.1, -0.05) is 26.8 Å². The molecule has 0 fully saturated rings. The molecule has 0 bridgehead atoms. The second-order valence-corrected chi connectivity index (χ2v) is 7.63. The summed E-state index contributed by atoms with van der Waals surface area (Å²) in [4.78, 5) is 11.9. The maximum absolute atomic E-state index is 11.9. The first kappa shape index (κ1) is 20.3. The SMILES string of the molecule is CNCCSSCCNC(=O)c1cn(CCCCCOC)nn1. The topological polar surface area (TPSA) is 81.1 Å². The Bertz CT molecular complexity index is 431. The van der Waals surface area contributed by atoms with Gasteiger partial charge in [-0.2, -0.15) is 0 Å². The van der Waals surface area contributed by atoms with Crippen LogP contribution in [-0.4, -0.2) is 66.3 Å². The zero-order valence-electron chi connectivity index (χ0n) is 13.9. The quantitative estimate of drug-likeness (QED) is 0.383. The van der Waals surface area contributed by atoms with Gasteiger partial charge in [0.15, 0.2) is 5.69 Å². The number of hydrogen-bond donors (Lipinski definition) is 2. The number of aryl methyl sites for hydroxylation is 1. The molecular weight excluding hydrogens is 334 g/mol. The molecule has 0 saturated carbocycles. The van der Waals surface area contributed by atoms with Crippen LogP contribution in [-0.2, 0) is 11.3 Å². The van der Waals surface area contributed by atoms with E-state index in [4.69, 9.17) is 4.74 Å². The fraction of sp³-hybridized carbons (Fsp3) is 0.786. The third kappa shape index (κ3) is 9.85. The molecule has 0 aliphatic carbocycles. The van der Waals surface area contributed by atoms with E-state index in [-0.39, 0.29) is 5.91 Å². The van der Waals surface area contributed by atoms with Gasteiger partial charge in [-0.25, -0.2) is 0 Å². The van der Waals surface area contributed by atoms with E-state index < -0.39 is 0 Å². The van der Waals surface area contributed by atoms with Gasteiger partial charge in [0.1, 0.15) is 0 Å². The number of carbonyl (C=O) groups is 1. The van der Waals surface area contributed by atoms with Crippen molar-refractivity contribution < 1.29 is 9.53 Å². The second-order valence-electron chi connectivity index (χ2n) is 4.92. The van der Waals surface area contributed by atoms with Crippen molar-refractivity contribution in [1.82, 2.24) is 25.6 Å². The summed E-state index contributed by atoms with van der Waals surface area (Å²) >= 11 is 0. The van der Waals surface area contributed by atoms with E-state index >= 15 is 0 Å². The Kier molecular flexibility index (Phi) is 12.0. The smallest absolute Gasteiger partial charge is 0.273 e. The monoisotopic (exact) mass is 361 g/mol. The third-order valence-corrected chi connectivity index (χ3v) is 5.40. The summed E-state index contributed by atoms with van der Waals surface area (Å²) < 4.78 is 6.74. The minimum absolute atomic E-state index is 0.156. The van der Waals surface area contributed by atoms with Gasteiger partial charge in [0.2, 0.25) is 0 Å². The molecule has 0 atom stereocenters. The van der Waals surface area contributed by atoms with E-state index in [9.17, 15) is 4.79 Å². The van der Waals surface area contributed by atoms with Crippen LogP contribution in [0.4, 0.5) is 0 Å². The summed E-state index contributed by atoms with van der Waals surface area (Å²) in [6, 6.07) is 0. The van der Waals surface area contributed by atoms with Crippen LogP contribution in [0, 0.1) is 0 Å². The third-order valence-electron chi connectivity index (χ3n) is 3.00. The molecule has 1 rings (SSSR count). The molecule has 7 nitrogen and oxygen atoms in total. The van der Waals surface area contributed by atoms with E-state index in [0.717, 1.165) is 50.5 Å². The number of amides is 1. The molecule has 0 aromatic carbocycles. The lowest BCUT2D eigenvalue weighted by molar-refractivity contribution is 0.0951. The van der Waals surface area contributed by atoms with Gasteiger partial charge in [-0.05, 0) is 26.3 Å². The Morgan fingerprint density at radius 2 is 2.04 bits per heavy atom. The number of aromatic nitrogens is 3. The van der Waals surface area contributed by atoms with Crippen molar-refractivity contribution in [3.05, 3.63) is 11.9 Å². The van der Waals surface area contributed by atoms with Gasteiger partial charge in [-0.15, -0.1) is 5.10 Å². The van der Waals surface area contributed by atoms with Crippen LogP contribution in [0.15, 0.2) is 6.20 Å². The predicted molar refractivity (Wildman–Crippen MR) is 96.9 cm³/mol. The zero-order chi connectivity index (χ0) is 16.8. The normalized spacial score (nSPS) is 10.9. The number of rotatable bonds is 14. The van der Waals surface area contributed by atoms with Crippen LogP contribution < -0.4 is 10.6 Å². The van der Waals surface area contributed by atoms with Crippen molar-refractivity contribution >= 4 is 27.5 Å². The molecule has 0 unspecified atom stereocenters. The van der Waals surface area contributed by atoms with Crippen LogP contribution in [0.1, 0.15) is 29.8 Å². The van der Waals surface area contributed by atoms with Gasteiger partial charge in [0.25, 0.3) is 5.91 Å². The molecule has 0 aliphatic heterocycles. The molecule has 1 aromatic heterocycles. The Morgan fingerprint density at radius 1 is 1.26 bits per heavy atom. The highest BCUT2D eigenvalue weighted by molar-refractivity contribution is 8.76. The average molecular weight is 362 g/mol. The predicted octanol–water partition coefficient (Wildman–Crippen LogP) is 1.43. The van der Waals surface area contributed by atoms with Crippen molar-refractivity contribution in [2.75, 3.05) is 45.4 Å². The second kappa shape index (κ2) is 13.6. The van der Waals surface area contributed by atoms with Crippen molar-refractivity contribution in [2.24, 2.45) is 0 Å². The molecule has 0 aliphatic rings. The Hall–Kier alpha value is -0.770. The summed E-state index contributed by atoms with van der Waals surface area (Å²) in [5.74, 6) is 1.79. The number of ether oxygens (including phenoxy) is 1. The molecule has 23 heavy (non-hydrogen) atoms. The molecule has 132 valence electrons. The molecule has 1 aromatic rings. The number of unbranched alkanes of at least 4 members (excludes halogenated alkanes) is 2. The van der Waals surface area contributed by atoms with Crippen molar-refractivity contribution in [1.29, 1.82) is 0 Å². The van der Waals surface area contributed by atoms with Gasteiger partial charge in [-0.3, -0.25) is 9.48 Å². The van der Waals surface area contributed by atoms with Gasteiger partial charge in [0, 0.05) is 44.9 Å². The Balaban J connectivity index is 2.12. The van der Waals surface area contributed by atoms with E-state index in [1.165, 1.54) is 0 Å². The van der Waals surface area contributed by atoms with Gasteiger partial charge in [0.05, 0.1) is 6.20 Å². The fourth-order valence-corrected chi connectivity index (χ4v) is 3.68. The highest BCUT2D eigenvalue weighted by atomic mass is 33.1. The molecule has 1 amide bonds. The Labute approximate surface area is 146 Å². The maximum Gasteiger partial charge on any atom is 0.273 e. The van der Waals surface area contributed by atoms with E-state index in [0.29, 0.717) is 12.2 Å². The lowest BCUT2D eigenvalue weighted by atomic mass is 10.2. The van der Waals surface area contributed by atoms with Crippen molar-refractivity contribution in [3.8, 4) is 0 Å². The molecule has 1 heterocycles. The summed E-state index contributed by atoms with van der Waals surface area (Å²) in [6.07, 6.45) is 4.84. The zero-order valence-corrected chi connectivity index (χ0v) is 15.5. The highest BCUT2D eigenvalue weighted by Crippen LogP contribution is 2.19. The summed E-state index contributed by atoms with van der Waals surface area (Å²) in [6.45, 7) is 3.21. The lowest BCUT2D eigenvalue weighted by Crippen LogP contribution is -2.26. The largest absolute Gasteiger partial charge is 0.385 e. The highest BCUT2D eigenvalue weighted by Gasteiger charge is 2.09. The van der Waals surface area contributed by atoms with Crippen LogP contribution >= 0.6 is 21.6 Å². The molecular formula is C14H27N5O2S2. The number of hydrogen-bond acceptors (Lipinski definition) is 7. The maximum atomic E-state index is 11.9. The first-order chi connectivity index (χ1) is 11.3. The molecule has 0 radical (unpaired) electrons. The van der Waals surface area contributed by atoms with Crippen LogP contribution in [0.2, 0.25) is 0 Å². The number of methoxy groups -OCH3 is 1. The lowest BCUT2D eigenvalue weighted by Gasteiger charge is -2.03. The average Bonchev–Trinajstić information content (AvgIpc) is 3.02. The minimum Gasteiger partial charge on any atom is -0.385 e. The first-order valence-corrected chi connectivity index (χ1v) is 10.3. The Morgan fingerprint density at radius 3 is 2.78 bits per heavy atom. The van der Waals surface area contributed by atoms with Crippen LogP contribution in [0.25, 0.3) is 0 Å². The van der Waals surface area contributed by atoms with Crippen molar-refractivity contribution in [2.45, 2.75) is 25.8 Å². The summed E-state index contributed by atoms with van der Waals surface area (Å²) in [5.41, 5.74) is 0.384. The minimum atomic E-state index is -0.156. The number of carbonyl (C=O) groups excluding carboxylic acids is 1. The fourth-order valence-electron chi connectivity index (χ4n) is 1.77. The molecule has 2 N–H and O–H groups in total. The van der Waals surface area contributed by atoms with Gasteiger partial charge < -0.3 is 15.4 Å². The van der Waals surface area contributed by atoms with E-state index in [1.54, 1.807) is 39.6 Å². The summed E-state index contributed by atoms with van der Waals surface area (Å²) in [7, 11) is 7.22. The first-order valence-electron chi connectivity index (χ1n) is 7.84. The van der Waals surface area contributed by atoms with E-state index in [2.05, 4.69) is 20.9 Å². The van der Waals surface area contributed by atoms with E-state index in [1.807, 2.05) is 7.05 Å². The van der Waals surface area contributed by atoms with Crippen LogP contribution in [0.3, 0.4) is 0 Å². The molecule has 9 heteroatoms.